The van der Waals surface area contributed by atoms with Gasteiger partial charge in [-0.05, 0) is 44.4 Å². The van der Waals surface area contributed by atoms with E-state index in [4.69, 9.17) is 15.2 Å². The molecular weight excluding hydrogens is 244 g/mol. The normalized spacial score (nSPS) is 22.0. The lowest BCUT2D eigenvalue weighted by Gasteiger charge is -2.30. The predicted octanol–water partition coefficient (Wildman–Crippen LogP) is 1.21. The molecular formula is C14H22N2O3. The highest BCUT2D eigenvalue weighted by molar-refractivity contribution is 5.76. The molecule has 106 valence electrons. The molecule has 0 saturated carbocycles. The van der Waals surface area contributed by atoms with Crippen LogP contribution in [0.2, 0.25) is 0 Å². The Kier molecular flexibility index (Phi) is 4.85. The van der Waals surface area contributed by atoms with Gasteiger partial charge >= 0.3 is 0 Å². The third-order valence-electron chi connectivity index (χ3n) is 3.42. The Hall–Kier alpha value is -1.49. The number of carbonyl (C=O) groups is 1. The minimum Gasteiger partial charge on any atom is -0.486 e. The summed E-state index contributed by atoms with van der Waals surface area (Å²) in [5, 5.41) is 3.04. The van der Waals surface area contributed by atoms with Crippen LogP contribution >= 0.6 is 0 Å². The van der Waals surface area contributed by atoms with Crippen molar-refractivity contribution in [1.82, 2.24) is 5.32 Å². The van der Waals surface area contributed by atoms with Gasteiger partial charge in [0.25, 0.3) is 0 Å². The van der Waals surface area contributed by atoms with E-state index in [2.05, 4.69) is 5.32 Å². The van der Waals surface area contributed by atoms with E-state index >= 15 is 0 Å². The minimum atomic E-state index is 0.0193. The van der Waals surface area contributed by atoms with Gasteiger partial charge in [-0.25, -0.2) is 0 Å². The van der Waals surface area contributed by atoms with E-state index in [1.807, 2.05) is 13.0 Å². The summed E-state index contributed by atoms with van der Waals surface area (Å²) in [6, 6.07) is 0.0193. The molecule has 1 unspecified atom stereocenters. The SMILES string of the molecule is CC1=C2OCCOC2=CCC1NC(=O)CCCCN. The van der Waals surface area contributed by atoms with Crippen LogP contribution < -0.4 is 11.1 Å². The zero-order valence-corrected chi connectivity index (χ0v) is 11.4. The van der Waals surface area contributed by atoms with Gasteiger partial charge in [0.2, 0.25) is 5.91 Å². The predicted molar refractivity (Wildman–Crippen MR) is 72.1 cm³/mol. The highest BCUT2D eigenvalue weighted by atomic mass is 16.6. The summed E-state index contributed by atoms with van der Waals surface area (Å²) >= 11 is 0. The molecule has 1 heterocycles. The number of amides is 1. The molecule has 1 aliphatic heterocycles. The quantitative estimate of drug-likeness (QED) is 0.734. The third kappa shape index (κ3) is 3.50. The van der Waals surface area contributed by atoms with E-state index in [0.29, 0.717) is 26.2 Å². The summed E-state index contributed by atoms with van der Waals surface area (Å²) < 4.78 is 11.2. The maximum Gasteiger partial charge on any atom is 0.220 e. The molecule has 0 spiro atoms. The van der Waals surface area contributed by atoms with Crippen LogP contribution in [-0.2, 0) is 14.3 Å². The van der Waals surface area contributed by atoms with Crippen molar-refractivity contribution in [2.45, 2.75) is 38.6 Å². The molecule has 3 N–H and O–H groups in total. The minimum absolute atomic E-state index is 0.0193. The number of nitrogens with two attached hydrogens (primary N) is 1. The second-order valence-electron chi connectivity index (χ2n) is 4.88. The maximum atomic E-state index is 11.8. The zero-order chi connectivity index (χ0) is 13.7. The van der Waals surface area contributed by atoms with Crippen molar-refractivity contribution >= 4 is 5.91 Å². The largest absolute Gasteiger partial charge is 0.486 e. The van der Waals surface area contributed by atoms with Crippen LogP contribution in [0.5, 0.6) is 0 Å². The van der Waals surface area contributed by atoms with Crippen LogP contribution in [-0.4, -0.2) is 31.7 Å². The molecule has 0 bridgehead atoms. The van der Waals surface area contributed by atoms with Gasteiger partial charge in [-0.1, -0.05) is 0 Å². The van der Waals surface area contributed by atoms with Crippen molar-refractivity contribution < 1.29 is 14.3 Å². The van der Waals surface area contributed by atoms with E-state index < -0.39 is 0 Å². The van der Waals surface area contributed by atoms with Crippen LogP contribution in [0.1, 0.15) is 32.6 Å². The first-order valence-electron chi connectivity index (χ1n) is 6.88. The summed E-state index contributed by atoms with van der Waals surface area (Å²) in [6.07, 6.45) is 5.01. The molecule has 2 aliphatic rings. The lowest BCUT2D eigenvalue weighted by atomic mass is 9.97. The van der Waals surface area contributed by atoms with E-state index in [-0.39, 0.29) is 11.9 Å². The molecule has 1 saturated heterocycles. The molecule has 1 amide bonds. The van der Waals surface area contributed by atoms with Gasteiger partial charge in [-0.3, -0.25) is 4.79 Å². The summed E-state index contributed by atoms with van der Waals surface area (Å²) in [6.45, 7) is 3.79. The van der Waals surface area contributed by atoms with Crippen LogP contribution in [0.3, 0.4) is 0 Å². The fraction of sp³-hybridized carbons (Fsp3) is 0.643. The topological polar surface area (TPSA) is 73.6 Å². The molecule has 1 fully saturated rings. The van der Waals surface area contributed by atoms with E-state index in [9.17, 15) is 4.79 Å². The molecule has 1 atom stereocenters. The van der Waals surface area contributed by atoms with Gasteiger partial charge in [0, 0.05) is 6.42 Å². The Labute approximate surface area is 113 Å². The van der Waals surface area contributed by atoms with E-state index in [1.54, 1.807) is 0 Å². The Balaban J connectivity index is 1.90. The van der Waals surface area contributed by atoms with Crippen molar-refractivity contribution in [3.05, 3.63) is 23.2 Å². The number of nitrogens with one attached hydrogen (secondary N) is 1. The van der Waals surface area contributed by atoms with Gasteiger partial charge < -0.3 is 20.5 Å². The second-order valence-corrected chi connectivity index (χ2v) is 4.88. The van der Waals surface area contributed by atoms with Gasteiger partial charge in [0.1, 0.15) is 13.2 Å². The van der Waals surface area contributed by atoms with Crippen LogP contribution in [0.25, 0.3) is 0 Å². The Bertz CT molecular complexity index is 401. The summed E-state index contributed by atoms with van der Waals surface area (Å²) in [5.41, 5.74) is 6.46. The van der Waals surface area contributed by atoms with Crippen molar-refractivity contribution in [2.75, 3.05) is 19.8 Å². The van der Waals surface area contributed by atoms with Crippen molar-refractivity contribution in [3.63, 3.8) is 0 Å². The summed E-state index contributed by atoms with van der Waals surface area (Å²) in [7, 11) is 0. The van der Waals surface area contributed by atoms with Crippen molar-refractivity contribution in [1.29, 1.82) is 0 Å². The first-order valence-corrected chi connectivity index (χ1v) is 6.88. The number of unbranched alkanes of at least 4 members (excludes halogenated alkanes) is 1. The first kappa shape index (κ1) is 13.9. The zero-order valence-electron chi connectivity index (χ0n) is 11.4. The fourth-order valence-corrected chi connectivity index (χ4v) is 2.32. The molecule has 19 heavy (non-hydrogen) atoms. The Morgan fingerprint density at radius 2 is 2.21 bits per heavy atom. The molecule has 1 aliphatic carbocycles. The number of hydrogen-bond acceptors (Lipinski definition) is 4. The second kappa shape index (κ2) is 6.61. The molecule has 5 nitrogen and oxygen atoms in total. The number of rotatable bonds is 5. The molecule has 0 aromatic carbocycles. The van der Waals surface area contributed by atoms with Crippen LogP contribution in [0, 0.1) is 0 Å². The molecule has 0 radical (unpaired) electrons. The monoisotopic (exact) mass is 266 g/mol. The van der Waals surface area contributed by atoms with Crippen LogP contribution in [0.15, 0.2) is 23.2 Å². The van der Waals surface area contributed by atoms with Gasteiger partial charge in [0.15, 0.2) is 11.5 Å². The number of ether oxygens (including phenoxy) is 2. The summed E-state index contributed by atoms with van der Waals surface area (Å²) in [5.74, 6) is 1.69. The lowest BCUT2D eigenvalue weighted by Crippen LogP contribution is -2.38. The van der Waals surface area contributed by atoms with E-state index in [0.717, 1.165) is 36.4 Å². The standard InChI is InChI=1S/C14H22N2O3/c1-10-11(16-13(17)4-2-3-7-15)5-6-12-14(10)19-9-8-18-12/h6,11H,2-5,7-9,15H2,1H3,(H,16,17). The van der Waals surface area contributed by atoms with E-state index in [1.165, 1.54) is 0 Å². The Morgan fingerprint density at radius 1 is 1.42 bits per heavy atom. The lowest BCUT2D eigenvalue weighted by molar-refractivity contribution is -0.121. The van der Waals surface area contributed by atoms with Crippen molar-refractivity contribution in [3.8, 4) is 0 Å². The van der Waals surface area contributed by atoms with Crippen molar-refractivity contribution in [2.24, 2.45) is 5.73 Å². The molecule has 0 aromatic heterocycles. The highest BCUT2D eigenvalue weighted by Gasteiger charge is 2.27. The third-order valence-corrected chi connectivity index (χ3v) is 3.42. The van der Waals surface area contributed by atoms with Gasteiger partial charge in [-0.2, -0.15) is 0 Å². The molecule has 5 heteroatoms. The number of fused-ring (bicyclic) bond motifs is 1. The fourth-order valence-electron chi connectivity index (χ4n) is 2.32. The summed E-state index contributed by atoms with van der Waals surface area (Å²) in [4.78, 5) is 11.8. The maximum absolute atomic E-state index is 11.8. The van der Waals surface area contributed by atoms with Gasteiger partial charge in [-0.15, -0.1) is 0 Å². The average Bonchev–Trinajstić information content (AvgIpc) is 2.43. The highest BCUT2D eigenvalue weighted by Crippen LogP contribution is 2.29. The molecule has 0 aromatic rings. The smallest absolute Gasteiger partial charge is 0.220 e. The molecule has 2 rings (SSSR count). The number of carbonyl (C=O) groups excluding carboxylic acids is 1. The van der Waals surface area contributed by atoms with Gasteiger partial charge in [0.05, 0.1) is 6.04 Å². The Morgan fingerprint density at radius 3 is 3.00 bits per heavy atom. The number of hydrogen-bond donors (Lipinski definition) is 2. The average molecular weight is 266 g/mol. The van der Waals surface area contributed by atoms with Crippen LogP contribution in [0.4, 0.5) is 0 Å². The first-order chi connectivity index (χ1) is 9.22.